The average molecular weight is 481 g/mol. The molecule has 2 amide bonds. The first kappa shape index (κ1) is 22.2. The Labute approximate surface area is 210 Å². The summed E-state index contributed by atoms with van der Waals surface area (Å²) in [5.74, 6) is 1.37. The van der Waals surface area contributed by atoms with Gasteiger partial charge in [0.15, 0.2) is 18.0 Å². The van der Waals surface area contributed by atoms with Crippen LogP contribution in [-0.2, 0) is 0 Å². The van der Waals surface area contributed by atoms with Crippen LogP contribution in [0.3, 0.4) is 0 Å². The molecule has 36 heavy (non-hydrogen) atoms. The average Bonchev–Trinajstić information content (AvgIpc) is 3.44. The van der Waals surface area contributed by atoms with E-state index in [9.17, 15) is 4.79 Å². The Morgan fingerprint density at radius 3 is 2.78 bits per heavy atom. The second kappa shape index (κ2) is 9.03. The van der Waals surface area contributed by atoms with Crippen molar-refractivity contribution in [3.63, 3.8) is 0 Å². The van der Waals surface area contributed by atoms with E-state index in [-0.39, 0.29) is 12.1 Å². The highest BCUT2D eigenvalue weighted by Crippen LogP contribution is 2.40. The number of aromatic nitrogens is 2. The third-order valence-electron chi connectivity index (χ3n) is 6.89. The Morgan fingerprint density at radius 2 is 1.94 bits per heavy atom. The van der Waals surface area contributed by atoms with Gasteiger partial charge in [0.1, 0.15) is 0 Å². The van der Waals surface area contributed by atoms with Crippen molar-refractivity contribution >= 4 is 28.9 Å². The molecule has 1 N–H and O–H groups in total. The molecule has 0 spiro atoms. The van der Waals surface area contributed by atoms with Crippen LogP contribution in [-0.4, -0.2) is 49.2 Å². The van der Waals surface area contributed by atoms with Gasteiger partial charge in [-0.2, -0.15) is 0 Å². The van der Waals surface area contributed by atoms with Crippen molar-refractivity contribution in [2.45, 2.75) is 18.9 Å². The summed E-state index contributed by atoms with van der Waals surface area (Å²) in [4.78, 5) is 29.1. The standard InChI is InChI=1S/C28H28N6O2/c1-32(2)22-9-4-6-19(15-22)24-11-12-25-27(31-24)34(23-10-5-13-33(25)17-23)28(35)30-21-8-3-7-20(14-21)26-16-29-18-36-26/h3-4,6-9,11-12,14-16,18,23H,5,10,13,17H2,1-2H3,(H,30,35)/t23-/m0/s1. The van der Waals surface area contributed by atoms with Gasteiger partial charge in [0.05, 0.1) is 23.6 Å². The highest BCUT2D eigenvalue weighted by Gasteiger charge is 2.38. The molecule has 1 saturated heterocycles. The molecular weight excluding hydrogens is 452 g/mol. The van der Waals surface area contributed by atoms with Crippen LogP contribution >= 0.6 is 0 Å². The smallest absolute Gasteiger partial charge is 0.327 e. The van der Waals surface area contributed by atoms with Gasteiger partial charge in [0.2, 0.25) is 0 Å². The maximum absolute atomic E-state index is 13.7. The number of benzene rings is 2. The number of hydrogen-bond acceptors (Lipinski definition) is 6. The summed E-state index contributed by atoms with van der Waals surface area (Å²) < 4.78 is 5.42. The van der Waals surface area contributed by atoms with E-state index in [2.05, 4.69) is 50.4 Å². The van der Waals surface area contributed by atoms with Gasteiger partial charge < -0.3 is 19.5 Å². The largest absolute Gasteiger partial charge is 0.444 e. The van der Waals surface area contributed by atoms with Crippen molar-refractivity contribution in [1.82, 2.24) is 9.97 Å². The van der Waals surface area contributed by atoms with Crippen molar-refractivity contribution in [1.29, 1.82) is 0 Å². The highest BCUT2D eigenvalue weighted by atomic mass is 16.3. The lowest BCUT2D eigenvalue weighted by molar-refractivity contribution is 0.252. The third-order valence-corrected chi connectivity index (χ3v) is 6.89. The molecule has 4 aromatic rings. The minimum Gasteiger partial charge on any atom is -0.444 e. The Hall–Kier alpha value is -4.33. The molecule has 1 fully saturated rings. The number of nitrogens with one attached hydrogen (secondary N) is 1. The zero-order valence-electron chi connectivity index (χ0n) is 20.4. The molecule has 8 nitrogen and oxygen atoms in total. The number of nitrogens with zero attached hydrogens (tertiary/aromatic N) is 5. The van der Waals surface area contributed by atoms with Gasteiger partial charge in [-0.1, -0.05) is 24.3 Å². The Balaban J connectivity index is 1.35. The van der Waals surface area contributed by atoms with Crippen LogP contribution in [0.15, 0.2) is 77.7 Å². The van der Waals surface area contributed by atoms with E-state index < -0.39 is 0 Å². The lowest BCUT2D eigenvalue weighted by Crippen LogP contribution is -2.56. The van der Waals surface area contributed by atoms with Crippen molar-refractivity contribution in [3.8, 4) is 22.6 Å². The fourth-order valence-electron chi connectivity index (χ4n) is 5.08. The topological polar surface area (TPSA) is 77.7 Å². The summed E-state index contributed by atoms with van der Waals surface area (Å²) >= 11 is 0. The number of oxazole rings is 1. The van der Waals surface area contributed by atoms with Gasteiger partial charge in [-0.3, -0.25) is 4.90 Å². The van der Waals surface area contributed by atoms with Crippen LogP contribution in [0.5, 0.6) is 0 Å². The normalized spacial score (nSPS) is 16.4. The molecule has 0 aliphatic carbocycles. The third kappa shape index (κ3) is 4.04. The quantitative estimate of drug-likeness (QED) is 0.416. The predicted octanol–water partition coefficient (Wildman–Crippen LogP) is 5.49. The van der Waals surface area contributed by atoms with E-state index >= 15 is 0 Å². The number of pyridine rings is 1. The van der Waals surface area contributed by atoms with Crippen molar-refractivity contribution in [2.75, 3.05) is 47.2 Å². The SMILES string of the molecule is CN(C)c1cccc(-c2ccc3c(n2)N(C(=O)Nc2cccc(-c4cnco4)c2)[C@H]2CCCN3C2)c1. The number of hydrogen-bond donors (Lipinski definition) is 1. The highest BCUT2D eigenvalue weighted by molar-refractivity contribution is 6.04. The lowest BCUT2D eigenvalue weighted by Gasteiger charge is -2.45. The Morgan fingerprint density at radius 1 is 1.08 bits per heavy atom. The summed E-state index contributed by atoms with van der Waals surface area (Å²) in [6.07, 6.45) is 5.05. The number of carbonyl (C=O) groups excluding carboxylic acids is 1. The molecule has 8 heteroatoms. The molecule has 2 aromatic carbocycles. The number of amides is 2. The molecule has 0 radical (unpaired) electrons. The van der Waals surface area contributed by atoms with Crippen molar-refractivity contribution in [3.05, 3.63) is 73.3 Å². The first-order valence-corrected chi connectivity index (χ1v) is 12.2. The second-order valence-electron chi connectivity index (χ2n) is 9.47. The number of anilines is 4. The van der Waals surface area contributed by atoms with Crippen molar-refractivity contribution in [2.24, 2.45) is 0 Å². The molecule has 0 unspecified atom stereocenters. The van der Waals surface area contributed by atoms with Gasteiger partial charge in [-0.15, -0.1) is 0 Å². The first-order chi connectivity index (χ1) is 17.6. The van der Waals surface area contributed by atoms with Crippen LogP contribution < -0.4 is 20.0 Å². The van der Waals surface area contributed by atoms with Gasteiger partial charge in [-0.25, -0.2) is 14.8 Å². The molecule has 2 aliphatic rings. The number of urea groups is 1. The molecule has 0 saturated carbocycles. The van der Waals surface area contributed by atoms with Crippen LogP contribution in [0.1, 0.15) is 12.8 Å². The number of carbonyl (C=O) groups is 1. The molecule has 6 rings (SSSR count). The van der Waals surface area contributed by atoms with Crippen LogP contribution in [0, 0.1) is 0 Å². The van der Waals surface area contributed by atoms with E-state index in [4.69, 9.17) is 9.40 Å². The monoisotopic (exact) mass is 480 g/mol. The Bertz CT molecular complexity index is 1400. The van der Waals surface area contributed by atoms with E-state index in [0.29, 0.717) is 17.3 Å². The molecule has 2 aromatic heterocycles. The van der Waals surface area contributed by atoms with E-state index in [0.717, 1.165) is 54.1 Å². The summed E-state index contributed by atoms with van der Waals surface area (Å²) in [5, 5.41) is 3.10. The number of fused-ring (bicyclic) bond motifs is 4. The van der Waals surface area contributed by atoms with Crippen LogP contribution in [0.4, 0.5) is 27.7 Å². The summed E-state index contributed by atoms with van der Waals surface area (Å²) in [5.41, 5.74) is 5.54. The first-order valence-electron chi connectivity index (χ1n) is 12.2. The molecule has 2 aliphatic heterocycles. The van der Waals surface area contributed by atoms with E-state index in [1.807, 2.05) is 49.3 Å². The molecule has 182 valence electrons. The van der Waals surface area contributed by atoms with Crippen LogP contribution in [0.25, 0.3) is 22.6 Å². The lowest BCUT2D eigenvalue weighted by atomic mass is 9.99. The fraction of sp³-hybridized carbons (Fsp3) is 0.250. The van der Waals surface area contributed by atoms with Gasteiger partial charge in [0.25, 0.3) is 0 Å². The summed E-state index contributed by atoms with van der Waals surface area (Å²) in [6, 6.07) is 20.0. The van der Waals surface area contributed by atoms with Crippen LogP contribution in [0.2, 0.25) is 0 Å². The van der Waals surface area contributed by atoms with Crippen molar-refractivity contribution < 1.29 is 9.21 Å². The Kier molecular flexibility index (Phi) is 5.56. The second-order valence-corrected chi connectivity index (χ2v) is 9.47. The molecular formula is C28H28N6O2. The maximum atomic E-state index is 13.7. The van der Waals surface area contributed by atoms with Gasteiger partial charge in [0, 0.05) is 49.7 Å². The zero-order chi connectivity index (χ0) is 24.6. The fourth-order valence-corrected chi connectivity index (χ4v) is 5.08. The van der Waals surface area contributed by atoms with E-state index in [1.165, 1.54) is 6.39 Å². The molecule has 4 heterocycles. The summed E-state index contributed by atoms with van der Waals surface area (Å²) in [7, 11) is 4.05. The minimum absolute atomic E-state index is 0.0690. The summed E-state index contributed by atoms with van der Waals surface area (Å²) in [6.45, 7) is 1.80. The van der Waals surface area contributed by atoms with Gasteiger partial charge >= 0.3 is 6.03 Å². The number of rotatable bonds is 4. The minimum atomic E-state index is -0.177. The molecule has 2 bridgehead atoms. The molecule has 1 atom stereocenters. The predicted molar refractivity (Wildman–Crippen MR) is 143 cm³/mol. The number of piperidine rings is 1. The maximum Gasteiger partial charge on any atom is 0.327 e. The van der Waals surface area contributed by atoms with E-state index in [1.54, 1.807) is 6.20 Å². The zero-order valence-corrected chi connectivity index (χ0v) is 20.4. The van der Waals surface area contributed by atoms with Gasteiger partial charge in [-0.05, 0) is 49.2 Å².